The molecule has 2 aromatic heterocycles. The zero-order valence-corrected chi connectivity index (χ0v) is 17.8. The number of hydrogen-bond acceptors (Lipinski definition) is 6. The summed E-state index contributed by atoms with van der Waals surface area (Å²) < 4.78 is 21.9. The van der Waals surface area contributed by atoms with Crippen LogP contribution in [0.2, 0.25) is 0 Å². The number of aromatic hydroxyl groups is 1. The highest BCUT2D eigenvalue weighted by molar-refractivity contribution is 5.96. The monoisotopic (exact) mass is 427 g/mol. The number of carbonyl (C=O) groups is 1. The molecule has 2 N–H and O–H groups in total. The number of benzene rings is 1. The van der Waals surface area contributed by atoms with Crippen molar-refractivity contribution in [3.8, 4) is 17.0 Å². The molecular formula is C23H26FN3O4. The van der Waals surface area contributed by atoms with E-state index >= 15 is 4.39 Å². The summed E-state index contributed by atoms with van der Waals surface area (Å²) in [6, 6.07) is 9.55. The van der Waals surface area contributed by atoms with E-state index in [-0.39, 0.29) is 17.9 Å². The number of aliphatic hydroxyl groups excluding tert-OH is 1. The van der Waals surface area contributed by atoms with Crippen molar-refractivity contribution in [2.75, 3.05) is 24.6 Å². The van der Waals surface area contributed by atoms with E-state index in [2.05, 4.69) is 4.98 Å². The van der Waals surface area contributed by atoms with Gasteiger partial charge < -0.3 is 19.8 Å². The van der Waals surface area contributed by atoms with Crippen LogP contribution in [0.5, 0.6) is 5.75 Å². The number of halogens is 1. The Balaban J connectivity index is 1.73. The van der Waals surface area contributed by atoms with Crippen LogP contribution in [0, 0.1) is 11.9 Å². The van der Waals surface area contributed by atoms with Gasteiger partial charge in [0, 0.05) is 25.1 Å². The molecule has 0 atom stereocenters. The van der Waals surface area contributed by atoms with Crippen LogP contribution in [0.25, 0.3) is 22.2 Å². The SMILES string of the molecule is CC(C)(C)OC(=O)n1c(-c2ccc(N3CC(CCO)C3)nc2F)cc2cc(O)ccc21. The third-order valence-electron chi connectivity index (χ3n) is 5.29. The van der Waals surface area contributed by atoms with Crippen molar-refractivity contribution in [2.45, 2.75) is 32.8 Å². The van der Waals surface area contributed by atoms with Gasteiger partial charge in [-0.1, -0.05) is 0 Å². The van der Waals surface area contributed by atoms with Gasteiger partial charge in [-0.15, -0.1) is 0 Å². The number of aromatic nitrogens is 2. The van der Waals surface area contributed by atoms with Gasteiger partial charge in [0.05, 0.1) is 16.8 Å². The van der Waals surface area contributed by atoms with Gasteiger partial charge in [-0.3, -0.25) is 0 Å². The summed E-state index contributed by atoms with van der Waals surface area (Å²) in [6.07, 6.45) is 0.0844. The number of pyridine rings is 1. The van der Waals surface area contributed by atoms with Crippen molar-refractivity contribution >= 4 is 22.8 Å². The molecule has 4 rings (SSSR count). The summed E-state index contributed by atoms with van der Waals surface area (Å²) in [5.74, 6) is 0.259. The molecule has 0 amide bonds. The van der Waals surface area contributed by atoms with E-state index in [1.807, 2.05) is 4.90 Å². The van der Waals surface area contributed by atoms with E-state index in [4.69, 9.17) is 9.84 Å². The van der Waals surface area contributed by atoms with E-state index in [0.29, 0.717) is 28.3 Å². The number of aliphatic hydroxyl groups is 1. The molecule has 31 heavy (non-hydrogen) atoms. The second kappa shape index (κ2) is 7.85. The molecular weight excluding hydrogens is 401 g/mol. The minimum Gasteiger partial charge on any atom is -0.508 e. The predicted molar refractivity (Wildman–Crippen MR) is 116 cm³/mol. The van der Waals surface area contributed by atoms with Crippen molar-refractivity contribution in [3.63, 3.8) is 0 Å². The normalized spacial score (nSPS) is 14.7. The standard InChI is InChI=1S/C23H26FN3O4/c1-23(2,3)31-22(30)27-18-6-4-16(29)10-15(18)11-19(27)17-5-7-20(25-21(17)24)26-12-14(13-26)8-9-28/h4-7,10-11,14,28-29H,8-9,12-13H2,1-3H3. The average molecular weight is 427 g/mol. The van der Waals surface area contributed by atoms with E-state index in [1.54, 1.807) is 45.0 Å². The zero-order valence-electron chi connectivity index (χ0n) is 17.8. The molecule has 0 aliphatic carbocycles. The second-order valence-electron chi connectivity index (χ2n) is 8.88. The first-order valence-corrected chi connectivity index (χ1v) is 10.3. The van der Waals surface area contributed by atoms with Gasteiger partial charge in [0.1, 0.15) is 17.2 Å². The Bertz CT molecular complexity index is 1130. The van der Waals surface area contributed by atoms with Crippen LogP contribution in [0.3, 0.4) is 0 Å². The number of phenols is 1. The Morgan fingerprint density at radius 2 is 1.97 bits per heavy atom. The molecule has 0 saturated carbocycles. The Hall–Kier alpha value is -3.13. The van der Waals surface area contributed by atoms with Gasteiger partial charge in [-0.05, 0) is 69.5 Å². The number of ether oxygens (including phenoxy) is 1. The smallest absolute Gasteiger partial charge is 0.419 e. The molecule has 0 unspecified atom stereocenters. The fraction of sp³-hybridized carbons (Fsp3) is 0.391. The number of nitrogens with zero attached hydrogens (tertiary/aromatic N) is 3. The molecule has 1 aliphatic rings. The van der Waals surface area contributed by atoms with E-state index in [0.717, 1.165) is 19.5 Å². The quantitative estimate of drug-likeness (QED) is 0.608. The van der Waals surface area contributed by atoms with Crippen LogP contribution < -0.4 is 4.90 Å². The van der Waals surface area contributed by atoms with Crippen molar-refractivity contribution in [3.05, 3.63) is 42.3 Å². The molecule has 0 spiro atoms. The Labute approximate surface area is 179 Å². The molecule has 0 bridgehead atoms. The number of rotatable bonds is 4. The maximum atomic E-state index is 15.1. The summed E-state index contributed by atoms with van der Waals surface area (Å²) in [7, 11) is 0. The summed E-state index contributed by atoms with van der Waals surface area (Å²) in [6.45, 7) is 6.88. The van der Waals surface area contributed by atoms with Crippen molar-refractivity contribution in [2.24, 2.45) is 5.92 Å². The molecule has 1 aromatic carbocycles. The highest BCUT2D eigenvalue weighted by Gasteiger charge is 2.29. The number of phenolic OH excluding ortho intramolecular Hbond substituents is 1. The fourth-order valence-electron chi connectivity index (χ4n) is 3.82. The van der Waals surface area contributed by atoms with E-state index < -0.39 is 17.6 Å². The van der Waals surface area contributed by atoms with Crippen LogP contribution in [-0.2, 0) is 4.74 Å². The topological polar surface area (TPSA) is 87.8 Å². The Morgan fingerprint density at radius 3 is 2.61 bits per heavy atom. The fourth-order valence-corrected chi connectivity index (χ4v) is 3.82. The highest BCUT2D eigenvalue weighted by atomic mass is 19.1. The van der Waals surface area contributed by atoms with Crippen molar-refractivity contribution < 1.29 is 24.1 Å². The Kier molecular flexibility index (Phi) is 5.35. The van der Waals surface area contributed by atoms with Gasteiger partial charge >= 0.3 is 6.09 Å². The third kappa shape index (κ3) is 4.20. The lowest BCUT2D eigenvalue weighted by atomic mass is 9.97. The second-order valence-corrected chi connectivity index (χ2v) is 8.88. The van der Waals surface area contributed by atoms with Crippen LogP contribution in [0.15, 0.2) is 36.4 Å². The first kappa shape index (κ1) is 21.1. The Morgan fingerprint density at radius 1 is 1.23 bits per heavy atom. The molecule has 164 valence electrons. The van der Waals surface area contributed by atoms with Crippen LogP contribution in [0.4, 0.5) is 15.0 Å². The number of anilines is 1. The molecule has 1 fully saturated rings. The predicted octanol–water partition coefficient (Wildman–Crippen LogP) is 4.15. The largest absolute Gasteiger partial charge is 0.508 e. The molecule has 3 aromatic rings. The van der Waals surface area contributed by atoms with Gasteiger partial charge in [0.2, 0.25) is 5.95 Å². The molecule has 3 heterocycles. The van der Waals surface area contributed by atoms with Crippen LogP contribution >= 0.6 is 0 Å². The number of hydrogen-bond donors (Lipinski definition) is 2. The summed E-state index contributed by atoms with van der Waals surface area (Å²) in [4.78, 5) is 19.0. The average Bonchev–Trinajstić information content (AvgIpc) is 3.01. The minimum atomic E-state index is -0.731. The van der Waals surface area contributed by atoms with Gasteiger partial charge in [0.25, 0.3) is 0 Å². The third-order valence-corrected chi connectivity index (χ3v) is 5.29. The van der Waals surface area contributed by atoms with Crippen LogP contribution in [0.1, 0.15) is 27.2 Å². The minimum absolute atomic E-state index is 0.0459. The molecule has 8 heteroatoms. The number of fused-ring (bicyclic) bond motifs is 1. The van der Waals surface area contributed by atoms with Crippen molar-refractivity contribution in [1.82, 2.24) is 9.55 Å². The molecule has 1 aliphatic heterocycles. The lowest BCUT2D eigenvalue weighted by molar-refractivity contribution is 0.0547. The first-order chi connectivity index (χ1) is 14.7. The molecule has 0 radical (unpaired) electrons. The van der Waals surface area contributed by atoms with Crippen LogP contribution in [-0.4, -0.2) is 51.2 Å². The lowest BCUT2D eigenvalue weighted by Gasteiger charge is -2.40. The maximum absolute atomic E-state index is 15.1. The highest BCUT2D eigenvalue weighted by Crippen LogP contribution is 2.34. The summed E-state index contributed by atoms with van der Waals surface area (Å²) >= 11 is 0. The zero-order chi connectivity index (χ0) is 22.3. The summed E-state index contributed by atoms with van der Waals surface area (Å²) in [5.41, 5.74) is 0.233. The van der Waals surface area contributed by atoms with Gasteiger partial charge in [-0.2, -0.15) is 4.39 Å². The van der Waals surface area contributed by atoms with Gasteiger partial charge in [0.15, 0.2) is 0 Å². The lowest BCUT2D eigenvalue weighted by Crippen LogP contribution is -2.47. The van der Waals surface area contributed by atoms with Crippen molar-refractivity contribution in [1.29, 1.82) is 0 Å². The molecule has 1 saturated heterocycles. The molecule has 7 nitrogen and oxygen atoms in total. The number of carbonyl (C=O) groups excluding carboxylic acids is 1. The van der Waals surface area contributed by atoms with Gasteiger partial charge in [-0.25, -0.2) is 14.3 Å². The first-order valence-electron chi connectivity index (χ1n) is 10.3. The van der Waals surface area contributed by atoms with E-state index in [1.165, 1.54) is 16.7 Å². The maximum Gasteiger partial charge on any atom is 0.419 e. The summed E-state index contributed by atoms with van der Waals surface area (Å²) in [5, 5.41) is 19.5. The van der Waals surface area contributed by atoms with E-state index in [9.17, 15) is 9.90 Å².